The van der Waals surface area contributed by atoms with Crippen molar-refractivity contribution in [2.45, 2.75) is 30.5 Å². The van der Waals surface area contributed by atoms with Gasteiger partial charge in [0.2, 0.25) is 10.0 Å². The van der Waals surface area contributed by atoms with E-state index in [1.165, 1.54) is 17.0 Å². The van der Waals surface area contributed by atoms with Crippen LogP contribution >= 0.6 is 0 Å². The van der Waals surface area contributed by atoms with Crippen LogP contribution in [0.15, 0.2) is 29.2 Å². The van der Waals surface area contributed by atoms with Crippen molar-refractivity contribution in [2.75, 3.05) is 19.6 Å². The van der Waals surface area contributed by atoms with Gasteiger partial charge < -0.3 is 0 Å². The second-order valence-electron chi connectivity index (χ2n) is 5.27. The van der Waals surface area contributed by atoms with E-state index in [1.807, 2.05) is 0 Å². The van der Waals surface area contributed by atoms with Crippen molar-refractivity contribution >= 4 is 10.0 Å². The maximum absolute atomic E-state index is 12.3. The van der Waals surface area contributed by atoms with Crippen molar-refractivity contribution in [3.05, 3.63) is 29.8 Å². The van der Waals surface area contributed by atoms with Crippen LogP contribution in [0.1, 0.15) is 12.0 Å². The molecule has 0 aromatic heterocycles. The van der Waals surface area contributed by atoms with Crippen LogP contribution in [-0.2, 0) is 10.0 Å². The Morgan fingerprint density at radius 3 is 2.71 bits per heavy atom. The number of nitrogens with one attached hydrogen (secondary N) is 1. The first kappa shape index (κ1) is 16.3. The summed E-state index contributed by atoms with van der Waals surface area (Å²) in [4.78, 5) is 1.35. The van der Waals surface area contributed by atoms with E-state index in [2.05, 4.69) is 4.72 Å². The molecule has 0 unspecified atom stereocenters. The molecule has 1 fully saturated rings. The van der Waals surface area contributed by atoms with Gasteiger partial charge in [0, 0.05) is 19.1 Å². The Balaban J connectivity index is 1.99. The highest BCUT2D eigenvalue weighted by Crippen LogP contribution is 2.21. The smallest absolute Gasteiger partial charge is 0.293 e. The molecule has 8 heteroatoms. The van der Waals surface area contributed by atoms with Crippen LogP contribution in [0.2, 0.25) is 0 Å². The lowest BCUT2D eigenvalue weighted by Crippen LogP contribution is -2.39. The first-order valence-corrected chi connectivity index (χ1v) is 8.02. The molecule has 1 N–H and O–H groups in total. The number of rotatable bonds is 4. The summed E-state index contributed by atoms with van der Waals surface area (Å²) in [6, 6.07) is 5.93. The topological polar surface area (TPSA) is 49.4 Å². The van der Waals surface area contributed by atoms with E-state index in [0.29, 0.717) is 6.42 Å². The number of likely N-dealkylation sites (tertiary alicyclic amines) is 1. The second kappa shape index (κ2) is 5.94. The minimum atomic E-state index is -4.26. The summed E-state index contributed by atoms with van der Waals surface area (Å²) in [6.07, 6.45) is -3.88. The molecule has 0 spiro atoms. The molecule has 1 saturated heterocycles. The largest absolute Gasteiger partial charge is 0.401 e. The lowest BCUT2D eigenvalue weighted by molar-refractivity contribution is -0.143. The summed E-state index contributed by atoms with van der Waals surface area (Å²) >= 11 is 0. The van der Waals surface area contributed by atoms with Crippen LogP contribution in [0, 0.1) is 6.92 Å². The summed E-state index contributed by atoms with van der Waals surface area (Å²) in [7, 11) is -3.69. The minimum absolute atomic E-state index is 0.0740. The highest BCUT2D eigenvalue weighted by Gasteiger charge is 2.35. The Labute approximate surface area is 122 Å². The highest BCUT2D eigenvalue weighted by atomic mass is 32.2. The molecule has 118 valence electrons. The summed E-state index contributed by atoms with van der Waals surface area (Å²) in [5, 5.41) is 0. The van der Waals surface area contributed by atoms with E-state index in [-0.39, 0.29) is 18.0 Å². The fourth-order valence-electron chi connectivity index (χ4n) is 2.40. The van der Waals surface area contributed by atoms with Gasteiger partial charge in [-0.25, -0.2) is 13.1 Å². The van der Waals surface area contributed by atoms with Crippen molar-refractivity contribution in [1.29, 1.82) is 0 Å². The number of nitrogens with zero attached hydrogens (tertiary/aromatic N) is 1. The van der Waals surface area contributed by atoms with E-state index >= 15 is 0 Å². The Morgan fingerprint density at radius 1 is 1.38 bits per heavy atom. The van der Waals surface area contributed by atoms with Gasteiger partial charge in [0.1, 0.15) is 0 Å². The Hall–Kier alpha value is -1.12. The summed E-state index contributed by atoms with van der Waals surface area (Å²) in [5.41, 5.74) is 0.808. The molecule has 0 bridgehead atoms. The van der Waals surface area contributed by atoms with Gasteiger partial charge in [-0.15, -0.1) is 0 Å². The quantitative estimate of drug-likeness (QED) is 0.921. The van der Waals surface area contributed by atoms with Gasteiger partial charge in [0.15, 0.2) is 0 Å². The zero-order valence-electron chi connectivity index (χ0n) is 11.5. The third-order valence-corrected chi connectivity index (χ3v) is 4.82. The molecule has 2 rings (SSSR count). The van der Waals surface area contributed by atoms with Crippen molar-refractivity contribution in [3.8, 4) is 0 Å². The SMILES string of the molecule is Cc1cccc(S(=O)(=O)N[C@H]2CCN(CC(F)(F)F)C2)c1. The van der Waals surface area contributed by atoms with E-state index in [9.17, 15) is 21.6 Å². The number of hydrogen-bond donors (Lipinski definition) is 1. The third-order valence-electron chi connectivity index (χ3n) is 3.30. The lowest BCUT2D eigenvalue weighted by atomic mass is 10.2. The van der Waals surface area contributed by atoms with Crippen molar-refractivity contribution in [3.63, 3.8) is 0 Å². The summed E-state index contributed by atoms with van der Waals surface area (Å²) < 4.78 is 63.7. The van der Waals surface area contributed by atoms with Gasteiger partial charge >= 0.3 is 6.18 Å². The average molecular weight is 322 g/mol. The predicted octanol–water partition coefficient (Wildman–Crippen LogP) is 1.91. The fourth-order valence-corrected chi connectivity index (χ4v) is 3.76. The van der Waals surface area contributed by atoms with Gasteiger partial charge in [-0.3, -0.25) is 4.90 Å². The van der Waals surface area contributed by atoms with Gasteiger partial charge in [0.05, 0.1) is 11.4 Å². The molecular formula is C13H17F3N2O2S. The van der Waals surface area contributed by atoms with Crippen LogP contribution in [0.3, 0.4) is 0 Å². The van der Waals surface area contributed by atoms with E-state index in [0.717, 1.165) is 5.56 Å². The Kier molecular flexibility index (Phi) is 4.60. The Morgan fingerprint density at radius 2 is 2.10 bits per heavy atom. The van der Waals surface area contributed by atoms with Crippen molar-refractivity contribution in [1.82, 2.24) is 9.62 Å². The summed E-state index contributed by atoms with van der Waals surface area (Å²) in [5.74, 6) is 0. The molecule has 0 aliphatic carbocycles. The van der Waals surface area contributed by atoms with Gasteiger partial charge in [-0.05, 0) is 31.0 Å². The number of hydrogen-bond acceptors (Lipinski definition) is 3. The van der Waals surface area contributed by atoms with E-state index in [4.69, 9.17) is 0 Å². The normalized spacial score (nSPS) is 20.9. The maximum Gasteiger partial charge on any atom is 0.401 e. The van der Waals surface area contributed by atoms with Crippen molar-refractivity contribution in [2.24, 2.45) is 0 Å². The maximum atomic E-state index is 12.3. The average Bonchev–Trinajstić information content (AvgIpc) is 2.73. The van der Waals surface area contributed by atoms with Crippen LogP contribution in [0.25, 0.3) is 0 Å². The molecule has 21 heavy (non-hydrogen) atoms. The van der Waals surface area contributed by atoms with Crippen LogP contribution < -0.4 is 4.72 Å². The number of alkyl halides is 3. The number of sulfonamides is 1. The second-order valence-corrected chi connectivity index (χ2v) is 6.99. The highest BCUT2D eigenvalue weighted by molar-refractivity contribution is 7.89. The molecule has 1 aliphatic heterocycles. The predicted molar refractivity (Wildman–Crippen MR) is 72.4 cm³/mol. The molecule has 0 saturated carbocycles. The van der Waals surface area contributed by atoms with E-state index < -0.39 is 28.8 Å². The van der Waals surface area contributed by atoms with Crippen molar-refractivity contribution < 1.29 is 21.6 Å². The number of benzene rings is 1. The molecule has 1 heterocycles. The minimum Gasteiger partial charge on any atom is -0.293 e. The Bertz CT molecular complexity index is 602. The third kappa shape index (κ3) is 4.69. The molecule has 1 atom stereocenters. The molecule has 1 aromatic carbocycles. The fraction of sp³-hybridized carbons (Fsp3) is 0.538. The van der Waals surface area contributed by atoms with Gasteiger partial charge in [-0.2, -0.15) is 13.2 Å². The molecular weight excluding hydrogens is 305 g/mol. The molecule has 1 aromatic rings. The zero-order chi connectivity index (χ0) is 15.7. The molecule has 4 nitrogen and oxygen atoms in total. The van der Waals surface area contributed by atoms with E-state index in [1.54, 1.807) is 19.1 Å². The zero-order valence-corrected chi connectivity index (χ0v) is 12.3. The number of halogens is 3. The van der Waals surface area contributed by atoms with Crippen LogP contribution in [-0.4, -0.2) is 45.2 Å². The van der Waals surface area contributed by atoms with Gasteiger partial charge in [-0.1, -0.05) is 12.1 Å². The first-order valence-electron chi connectivity index (χ1n) is 6.54. The standard InChI is InChI=1S/C13H17F3N2O2S/c1-10-3-2-4-12(7-10)21(19,20)17-11-5-6-18(8-11)9-13(14,15)16/h2-4,7,11,17H,5-6,8-9H2,1H3/t11-/m0/s1. The molecule has 1 aliphatic rings. The first-order chi connectivity index (χ1) is 9.66. The molecule has 0 amide bonds. The van der Waals surface area contributed by atoms with Crippen LogP contribution in [0.4, 0.5) is 13.2 Å². The lowest BCUT2D eigenvalue weighted by Gasteiger charge is -2.18. The monoisotopic (exact) mass is 322 g/mol. The summed E-state index contributed by atoms with van der Waals surface area (Å²) in [6.45, 7) is 1.08. The van der Waals surface area contributed by atoms with Crippen LogP contribution in [0.5, 0.6) is 0 Å². The number of aryl methyl sites for hydroxylation is 1. The van der Waals surface area contributed by atoms with Gasteiger partial charge in [0.25, 0.3) is 0 Å². The molecule has 0 radical (unpaired) electrons.